The molecule has 0 fully saturated rings. The van der Waals surface area contributed by atoms with E-state index in [9.17, 15) is 22.8 Å². The number of ether oxygens (including phenoxy) is 1. The van der Waals surface area contributed by atoms with Crippen molar-refractivity contribution in [3.63, 3.8) is 0 Å². The maximum atomic E-state index is 12.1. The number of hydrogen-bond acceptors (Lipinski definition) is 4. The molecule has 1 aromatic rings. The van der Waals surface area contributed by atoms with Gasteiger partial charge in [-0.3, -0.25) is 9.59 Å². The van der Waals surface area contributed by atoms with E-state index in [1.165, 1.54) is 6.92 Å². The van der Waals surface area contributed by atoms with Crippen molar-refractivity contribution in [1.82, 2.24) is 5.32 Å². The van der Waals surface area contributed by atoms with Crippen molar-refractivity contribution in [2.75, 3.05) is 17.2 Å². The molecular formula is C14H16F3N3O3. The molecule has 0 unspecified atom stereocenters. The fourth-order valence-electron chi connectivity index (χ4n) is 1.95. The van der Waals surface area contributed by atoms with Gasteiger partial charge in [0.2, 0.25) is 5.91 Å². The Morgan fingerprint density at radius 1 is 1.43 bits per heavy atom. The predicted molar refractivity (Wildman–Crippen MR) is 77.3 cm³/mol. The maximum absolute atomic E-state index is 12.1. The van der Waals surface area contributed by atoms with Crippen LogP contribution in [0.1, 0.15) is 13.8 Å². The molecule has 0 aromatic heterocycles. The van der Waals surface area contributed by atoms with Crippen molar-refractivity contribution in [3.8, 4) is 5.75 Å². The molecule has 3 N–H and O–H groups in total. The minimum Gasteiger partial charge on any atom is -0.479 e. The average molecular weight is 331 g/mol. The summed E-state index contributed by atoms with van der Waals surface area (Å²) in [6, 6.07) is 3.88. The molecule has 2 atom stereocenters. The first-order valence-electron chi connectivity index (χ1n) is 6.88. The molecule has 0 saturated carbocycles. The molecule has 1 heterocycles. The van der Waals surface area contributed by atoms with Crippen molar-refractivity contribution in [2.45, 2.75) is 32.2 Å². The largest absolute Gasteiger partial charge is 0.479 e. The number of benzene rings is 1. The van der Waals surface area contributed by atoms with Gasteiger partial charge in [-0.2, -0.15) is 13.2 Å². The average Bonchev–Trinajstić information content (AvgIpc) is 2.45. The summed E-state index contributed by atoms with van der Waals surface area (Å²) in [7, 11) is 0. The van der Waals surface area contributed by atoms with Crippen LogP contribution >= 0.6 is 0 Å². The molecule has 0 spiro atoms. The SMILES string of the molecule is C[C@H](Nc1ccc2c(c1)NC(=O)[C@H](C)O2)C(=O)NCC(F)(F)F. The van der Waals surface area contributed by atoms with Crippen LogP contribution in [0.25, 0.3) is 0 Å². The van der Waals surface area contributed by atoms with Gasteiger partial charge in [0.15, 0.2) is 6.10 Å². The Kier molecular flexibility index (Phi) is 4.67. The van der Waals surface area contributed by atoms with Gasteiger partial charge >= 0.3 is 6.18 Å². The van der Waals surface area contributed by atoms with Gasteiger partial charge in [-0.1, -0.05) is 0 Å². The van der Waals surface area contributed by atoms with Gasteiger partial charge in [-0.05, 0) is 32.0 Å². The van der Waals surface area contributed by atoms with Crippen LogP contribution in [0.15, 0.2) is 18.2 Å². The van der Waals surface area contributed by atoms with E-state index >= 15 is 0 Å². The van der Waals surface area contributed by atoms with Crippen LogP contribution in [0, 0.1) is 0 Å². The standard InChI is InChI=1S/C14H16F3N3O3/c1-7(12(21)18-6-14(15,16)17)19-9-3-4-11-10(5-9)20-13(22)8(2)23-11/h3-5,7-8,19H,6H2,1-2H3,(H,18,21)(H,20,22)/t7-,8-/m0/s1. The van der Waals surface area contributed by atoms with Gasteiger partial charge in [-0.25, -0.2) is 0 Å². The number of carbonyl (C=O) groups is 2. The van der Waals surface area contributed by atoms with E-state index in [-0.39, 0.29) is 5.91 Å². The Hall–Kier alpha value is -2.45. The number of anilines is 2. The molecule has 0 aliphatic carbocycles. The summed E-state index contributed by atoms with van der Waals surface area (Å²) in [4.78, 5) is 23.2. The van der Waals surface area contributed by atoms with Gasteiger partial charge in [0.05, 0.1) is 5.69 Å². The molecule has 1 aromatic carbocycles. The lowest BCUT2D eigenvalue weighted by atomic mass is 10.2. The number of fused-ring (bicyclic) bond motifs is 1. The smallest absolute Gasteiger partial charge is 0.405 e. The number of nitrogens with one attached hydrogen (secondary N) is 3. The third-order valence-electron chi connectivity index (χ3n) is 3.15. The lowest BCUT2D eigenvalue weighted by Gasteiger charge is -2.24. The maximum Gasteiger partial charge on any atom is 0.405 e. The summed E-state index contributed by atoms with van der Waals surface area (Å²) < 4.78 is 41.6. The summed E-state index contributed by atoms with van der Waals surface area (Å²) in [5, 5.41) is 7.21. The number of hydrogen-bond donors (Lipinski definition) is 3. The number of carbonyl (C=O) groups excluding carboxylic acids is 2. The van der Waals surface area contributed by atoms with Gasteiger partial charge in [0.1, 0.15) is 18.3 Å². The van der Waals surface area contributed by atoms with E-state index in [2.05, 4.69) is 10.6 Å². The molecule has 9 heteroatoms. The fourth-order valence-corrected chi connectivity index (χ4v) is 1.95. The third-order valence-corrected chi connectivity index (χ3v) is 3.15. The summed E-state index contributed by atoms with van der Waals surface area (Å²) >= 11 is 0. The quantitative estimate of drug-likeness (QED) is 0.787. The lowest BCUT2D eigenvalue weighted by molar-refractivity contribution is -0.138. The van der Waals surface area contributed by atoms with E-state index in [0.29, 0.717) is 17.1 Å². The summed E-state index contributed by atoms with van der Waals surface area (Å²) in [6.45, 7) is 1.66. The zero-order valence-electron chi connectivity index (χ0n) is 12.5. The molecule has 126 valence electrons. The molecule has 2 amide bonds. The fraction of sp³-hybridized carbons (Fsp3) is 0.429. The van der Waals surface area contributed by atoms with E-state index in [0.717, 1.165) is 0 Å². The van der Waals surface area contributed by atoms with Crippen LogP contribution < -0.4 is 20.7 Å². The first-order chi connectivity index (χ1) is 10.7. The van der Waals surface area contributed by atoms with Crippen LogP contribution in [0.5, 0.6) is 5.75 Å². The Balaban J connectivity index is 1.99. The number of alkyl halides is 3. The second-order valence-corrected chi connectivity index (χ2v) is 5.16. The highest BCUT2D eigenvalue weighted by Crippen LogP contribution is 2.32. The van der Waals surface area contributed by atoms with Crippen LogP contribution in [0.3, 0.4) is 0 Å². The highest BCUT2D eigenvalue weighted by molar-refractivity contribution is 5.98. The minimum absolute atomic E-state index is 0.300. The van der Waals surface area contributed by atoms with E-state index in [1.807, 2.05) is 0 Å². The summed E-state index contributed by atoms with van der Waals surface area (Å²) in [5.41, 5.74) is 0.901. The summed E-state index contributed by atoms with van der Waals surface area (Å²) in [6.07, 6.45) is -5.06. The zero-order chi connectivity index (χ0) is 17.2. The van der Waals surface area contributed by atoms with E-state index < -0.39 is 30.8 Å². The van der Waals surface area contributed by atoms with Crippen LogP contribution in [0.2, 0.25) is 0 Å². The Morgan fingerprint density at radius 2 is 2.13 bits per heavy atom. The van der Waals surface area contributed by atoms with E-state index in [1.54, 1.807) is 30.4 Å². The van der Waals surface area contributed by atoms with Gasteiger partial charge in [0.25, 0.3) is 5.91 Å². The van der Waals surface area contributed by atoms with Gasteiger partial charge < -0.3 is 20.7 Å². The summed E-state index contributed by atoms with van der Waals surface area (Å²) in [5.74, 6) is -0.601. The monoisotopic (exact) mass is 331 g/mol. The second kappa shape index (κ2) is 6.35. The first kappa shape index (κ1) is 16.9. The highest BCUT2D eigenvalue weighted by Gasteiger charge is 2.29. The number of amides is 2. The normalized spacial score (nSPS) is 18.3. The number of halogens is 3. The van der Waals surface area contributed by atoms with E-state index in [4.69, 9.17) is 4.74 Å². The van der Waals surface area contributed by atoms with Crippen LogP contribution in [0.4, 0.5) is 24.5 Å². The van der Waals surface area contributed by atoms with Crippen molar-refractivity contribution in [1.29, 1.82) is 0 Å². The highest BCUT2D eigenvalue weighted by atomic mass is 19.4. The molecule has 1 aliphatic heterocycles. The predicted octanol–water partition coefficient (Wildman–Crippen LogP) is 1.88. The van der Waals surface area contributed by atoms with Crippen LogP contribution in [-0.2, 0) is 9.59 Å². The Bertz CT molecular complexity index is 619. The molecule has 23 heavy (non-hydrogen) atoms. The molecule has 2 rings (SSSR count). The Labute approximate surface area is 130 Å². The van der Waals surface area contributed by atoms with Crippen molar-refractivity contribution >= 4 is 23.2 Å². The van der Waals surface area contributed by atoms with Crippen LogP contribution in [-0.4, -0.2) is 36.7 Å². The zero-order valence-corrected chi connectivity index (χ0v) is 12.5. The lowest BCUT2D eigenvalue weighted by Crippen LogP contribution is -2.42. The van der Waals surface area contributed by atoms with Crippen molar-refractivity contribution in [3.05, 3.63) is 18.2 Å². The number of rotatable bonds is 4. The first-order valence-corrected chi connectivity index (χ1v) is 6.88. The van der Waals surface area contributed by atoms with Crippen molar-refractivity contribution in [2.24, 2.45) is 0 Å². The molecule has 0 radical (unpaired) electrons. The molecule has 1 aliphatic rings. The van der Waals surface area contributed by atoms with Gasteiger partial charge in [-0.15, -0.1) is 0 Å². The van der Waals surface area contributed by atoms with Gasteiger partial charge in [0, 0.05) is 5.69 Å². The molecule has 6 nitrogen and oxygen atoms in total. The molecular weight excluding hydrogens is 315 g/mol. The second-order valence-electron chi connectivity index (χ2n) is 5.16. The topological polar surface area (TPSA) is 79.5 Å². The minimum atomic E-state index is -4.46. The third kappa shape index (κ3) is 4.51. The van der Waals surface area contributed by atoms with Crippen molar-refractivity contribution < 1.29 is 27.5 Å². The molecule has 0 saturated heterocycles. The Morgan fingerprint density at radius 3 is 2.78 bits per heavy atom. The molecule has 0 bridgehead atoms.